The summed E-state index contributed by atoms with van der Waals surface area (Å²) in [7, 11) is 1.31. The highest BCUT2D eigenvalue weighted by molar-refractivity contribution is 5.86. The number of rotatable bonds is 3. The predicted octanol–water partition coefficient (Wildman–Crippen LogP) is -0.977. The molecule has 6 nitrogen and oxygen atoms in total. The summed E-state index contributed by atoms with van der Waals surface area (Å²) in [6.45, 7) is 0.873. The number of aromatic nitrogens is 3. The van der Waals surface area contributed by atoms with E-state index in [0.29, 0.717) is 18.8 Å². The molecule has 0 spiro atoms. The smallest absolute Gasteiger partial charge is 0.358 e. The van der Waals surface area contributed by atoms with E-state index in [1.54, 1.807) is 0 Å². The van der Waals surface area contributed by atoms with E-state index in [4.69, 9.17) is 5.73 Å². The van der Waals surface area contributed by atoms with Gasteiger partial charge < -0.3 is 10.5 Å². The van der Waals surface area contributed by atoms with Crippen molar-refractivity contribution in [1.29, 1.82) is 0 Å². The molecule has 12 heavy (non-hydrogen) atoms. The fraction of sp³-hybridized carbons (Fsp3) is 0.500. The van der Waals surface area contributed by atoms with Gasteiger partial charge in [-0.2, -0.15) is 0 Å². The van der Waals surface area contributed by atoms with Crippen molar-refractivity contribution in [1.82, 2.24) is 15.0 Å². The number of esters is 1. The van der Waals surface area contributed by atoms with E-state index in [1.807, 2.05) is 0 Å². The Labute approximate surface area is 69.3 Å². The monoisotopic (exact) mass is 170 g/mol. The lowest BCUT2D eigenvalue weighted by atomic mass is 10.4. The van der Waals surface area contributed by atoms with Crippen molar-refractivity contribution in [3.63, 3.8) is 0 Å². The maximum Gasteiger partial charge on any atom is 0.358 e. The van der Waals surface area contributed by atoms with Gasteiger partial charge in [0, 0.05) is 6.54 Å². The molecule has 1 aromatic heterocycles. The van der Waals surface area contributed by atoms with Crippen LogP contribution in [0.25, 0.3) is 0 Å². The first-order valence-electron chi connectivity index (χ1n) is 3.46. The summed E-state index contributed by atoms with van der Waals surface area (Å²) in [5, 5.41) is 7.23. The minimum absolute atomic E-state index is 0.322. The van der Waals surface area contributed by atoms with Gasteiger partial charge in [-0.05, 0) is 0 Å². The van der Waals surface area contributed by atoms with Crippen LogP contribution in [0.3, 0.4) is 0 Å². The second kappa shape index (κ2) is 3.82. The van der Waals surface area contributed by atoms with Crippen molar-refractivity contribution < 1.29 is 9.53 Å². The molecule has 6 heteroatoms. The van der Waals surface area contributed by atoms with Crippen LogP contribution in [0.1, 0.15) is 10.5 Å². The Hall–Kier alpha value is -1.43. The van der Waals surface area contributed by atoms with E-state index >= 15 is 0 Å². The Morgan fingerprint density at radius 1 is 1.83 bits per heavy atom. The molecule has 0 radical (unpaired) electrons. The van der Waals surface area contributed by atoms with E-state index in [0.717, 1.165) is 0 Å². The van der Waals surface area contributed by atoms with Crippen molar-refractivity contribution in [3.05, 3.63) is 11.9 Å². The van der Waals surface area contributed by atoms with Gasteiger partial charge in [0.2, 0.25) is 0 Å². The topological polar surface area (TPSA) is 83.0 Å². The Morgan fingerprint density at radius 2 is 2.58 bits per heavy atom. The normalized spacial score (nSPS) is 9.83. The molecule has 2 N–H and O–H groups in total. The molecule has 0 aliphatic carbocycles. The van der Waals surface area contributed by atoms with Gasteiger partial charge in [0.1, 0.15) is 0 Å². The molecule has 0 atom stereocenters. The first kappa shape index (κ1) is 8.66. The number of ether oxygens (including phenoxy) is 1. The molecule has 0 bridgehead atoms. The van der Waals surface area contributed by atoms with Gasteiger partial charge >= 0.3 is 5.97 Å². The molecule has 0 unspecified atom stereocenters. The molecule has 66 valence electrons. The van der Waals surface area contributed by atoms with E-state index < -0.39 is 5.97 Å². The average molecular weight is 170 g/mol. The standard InChI is InChI=1S/C6H10N4O2/c1-12-6(11)5-4-8-9-10(5)3-2-7/h4H,2-3,7H2,1H3. The van der Waals surface area contributed by atoms with Gasteiger partial charge in [0.05, 0.1) is 19.9 Å². The van der Waals surface area contributed by atoms with Gasteiger partial charge in [0.15, 0.2) is 5.69 Å². The molecule has 0 aliphatic rings. The molecule has 0 amide bonds. The lowest BCUT2D eigenvalue weighted by Crippen LogP contribution is -2.17. The van der Waals surface area contributed by atoms with Crippen LogP contribution in [0.5, 0.6) is 0 Å². The predicted molar refractivity (Wildman–Crippen MR) is 40.4 cm³/mol. The zero-order chi connectivity index (χ0) is 8.97. The fourth-order valence-electron chi connectivity index (χ4n) is 0.808. The summed E-state index contributed by atoms with van der Waals surface area (Å²) in [5.74, 6) is -0.451. The Bertz CT molecular complexity index is 270. The second-order valence-corrected chi connectivity index (χ2v) is 2.12. The van der Waals surface area contributed by atoms with Gasteiger partial charge in [0.25, 0.3) is 0 Å². The minimum Gasteiger partial charge on any atom is -0.464 e. The molecule has 1 aromatic rings. The van der Waals surface area contributed by atoms with E-state index in [-0.39, 0.29) is 0 Å². The highest BCUT2D eigenvalue weighted by atomic mass is 16.5. The average Bonchev–Trinajstić information content (AvgIpc) is 2.52. The number of hydrogen-bond donors (Lipinski definition) is 1. The molecule has 0 aromatic carbocycles. The summed E-state index contributed by atoms with van der Waals surface area (Å²) < 4.78 is 5.91. The van der Waals surface area contributed by atoms with Crippen LogP contribution < -0.4 is 5.73 Å². The first-order chi connectivity index (χ1) is 5.79. The summed E-state index contributed by atoms with van der Waals surface area (Å²) in [4.78, 5) is 11.0. The van der Waals surface area contributed by atoms with Crippen LogP contribution in [0.2, 0.25) is 0 Å². The zero-order valence-electron chi connectivity index (χ0n) is 6.73. The number of nitrogens with two attached hydrogens (primary N) is 1. The van der Waals surface area contributed by atoms with Crippen molar-refractivity contribution in [2.75, 3.05) is 13.7 Å². The highest BCUT2D eigenvalue weighted by Gasteiger charge is 2.11. The number of methoxy groups -OCH3 is 1. The maximum atomic E-state index is 11.0. The Morgan fingerprint density at radius 3 is 3.17 bits per heavy atom. The van der Waals surface area contributed by atoms with Gasteiger partial charge in [-0.3, -0.25) is 0 Å². The van der Waals surface area contributed by atoms with Gasteiger partial charge in [-0.15, -0.1) is 5.10 Å². The maximum absolute atomic E-state index is 11.0. The number of hydrogen-bond acceptors (Lipinski definition) is 5. The third-order valence-electron chi connectivity index (χ3n) is 1.35. The fourth-order valence-corrected chi connectivity index (χ4v) is 0.808. The van der Waals surface area contributed by atoms with Crippen molar-refractivity contribution in [2.45, 2.75) is 6.54 Å². The largest absolute Gasteiger partial charge is 0.464 e. The summed E-state index contributed by atoms with van der Waals surface area (Å²) in [6, 6.07) is 0. The van der Waals surface area contributed by atoms with E-state index in [1.165, 1.54) is 18.0 Å². The molecular weight excluding hydrogens is 160 g/mol. The molecule has 1 rings (SSSR count). The lowest BCUT2D eigenvalue weighted by Gasteiger charge is -2.00. The van der Waals surface area contributed by atoms with Crippen LogP contribution in [0, 0.1) is 0 Å². The van der Waals surface area contributed by atoms with Crippen LogP contribution in [-0.2, 0) is 11.3 Å². The molecule has 0 saturated carbocycles. The molecule has 1 heterocycles. The molecule has 0 aliphatic heterocycles. The first-order valence-corrected chi connectivity index (χ1v) is 3.46. The number of carbonyl (C=O) groups is 1. The third-order valence-corrected chi connectivity index (χ3v) is 1.35. The van der Waals surface area contributed by atoms with Crippen LogP contribution in [0.4, 0.5) is 0 Å². The van der Waals surface area contributed by atoms with Crippen molar-refractivity contribution >= 4 is 5.97 Å². The van der Waals surface area contributed by atoms with Crippen molar-refractivity contribution in [2.24, 2.45) is 5.73 Å². The highest BCUT2D eigenvalue weighted by Crippen LogP contribution is 1.97. The van der Waals surface area contributed by atoms with Crippen LogP contribution in [-0.4, -0.2) is 34.6 Å². The van der Waals surface area contributed by atoms with Gasteiger partial charge in [-0.25, -0.2) is 9.48 Å². The Balaban J connectivity index is 2.83. The zero-order valence-corrected chi connectivity index (χ0v) is 6.73. The van der Waals surface area contributed by atoms with Crippen LogP contribution in [0.15, 0.2) is 6.20 Å². The SMILES string of the molecule is COC(=O)c1cnnn1CCN. The lowest BCUT2D eigenvalue weighted by molar-refractivity contribution is 0.0586. The minimum atomic E-state index is -0.451. The number of carbonyl (C=O) groups excluding carboxylic acids is 1. The summed E-state index contributed by atoms with van der Waals surface area (Å²) >= 11 is 0. The van der Waals surface area contributed by atoms with Crippen molar-refractivity contribution in [3.8, 4) is 0 Å². The number of nitrogens with zero attached hydrogens (tertiary/aromatic N) is 3. The van der Waals surface area contributed by atoms with Crippen LogP contribution >= 0.6 is 0 Å². The summed E-state index contributed by atoms with van der Waals surface area (Å²) in [6.07, 6.45) is 1.35. The third kappa shape index (κ3) is 1.59. The van der Waals surface area contributed by atoms with Gasteiger partial charge in [-0.1, -0.05) is 5.21 Å². The Kier molecular flexibility index (Phi) is 2.76. The molecule has 0 fully saturated rings. The second-order valence-electron chi connectivity index (χ2n) is 2.12. The van der Waals surface area contributed by atoms with E-state index in [2.05, 4.69) is 15.0 Å². The summed E-state index contributed by atoms with van der Waals surface area (Å²) in [5.41, 5.74) is 5.61. The molecule has 0 saturated heterocycles. The molecular formula is C6H10N4O2. The van der Waals surface area contributed by atoms with E-state index in [9.17, 15) is 4.79 Å². The quantitative estimate of drug-likeness (QED) is 0.590.